The molecular weight excluding hydrogens is 334 g/mol. The van der Waals surface area contributed by atoms with E-state index in [0.717, 1.165) is 18.5 Å². The van der Waals surface area contributed by atoms with Crippen molar-refractivity contribution in [3.05, 3.63) is 52.3 Å². The molecule has 1 heterocycles. The molecule has 7 heteroatoms. The number of Topliss-reactive ketones (excluding diaryl/α,β-unsaturated/α-hetero) is 1. The lowest BCUT2D eigenvalue weighted by Crippen LogP contribution is -2.35. The predicted octanol–water partition coefficient (Wildman–Crippen LogP) is 1.71. The monoisotopic (exact) mass is 355 g/mol. The second kappa shape index (κ2) is 7.43. The third-order valence-electron chi connectivity index (χ3n) is 4.49. The Morgan fingerprint density at radius 1 is 1.08 bits per heavy atom. The number of phenolic OH excluding ortho intramolecular Hbond substituents is 1. The molecule has 0 aliphatic heterocycles. The number of nitrogens with one attached hydrogen (secondary N) is 3. The Morgan fingerprint density at radius 3 is 2.38 bits per heavy atom. The number of amides is 2. The number of rotatable bonds is 5. The maximum Gasteiger partial charge on any atom is 0.268 e. The molecule has 1 aromatic carbocycles. The van der Waals surface area contributed by atoms with Crippen molar-refractivity contribution in [1.29, 1.82) is 0 Å². The number of fused-ring (bicyclic) bond motifs is 1. The van der Waals surface area contributed by atoms with E-state index in [2.05, 4.69) is 15.6 Å². The van der Waals surface area contributed by atoms with E-state index in [-0.39, 0.29) is 36.4 Å². The van der Waals surface area contributed by atoms with Crippen LogP contribution in [0, 0.1) is 6.92 Å². The van der Waals surface area contributed by atoms with Crippen molar-refractivity contribution in [2.45, 2.75) is 26.2 Å². The van der Waals surface area contributed by atoms with Crippen LogP contribution in [0.25, 0.3) is 0 Å². The Kier molecular flexibility index (Phi) is 5.06. The average Bonchev–Trinajstić information content (AvgIpc) is 2.97. The number of aromatic hydroxyl groups is 1. The van der Waals surface area contributed by atoms with Gasteiger partial charge in [-0.1, -0.05) is 0 Å². The molecule has 0 fully saturated rings. The third-order valence-corrected chi connectivity index (χ3v) is 4.49. The zero-order chi connectivity index (χ0) is 18.7. The smallest absolute Gasteiger partial charge is 0.268 e. The van der Waals surface area contributed by atoms with Crippen LogP contribution >= 0.6 is 0 Å². The maximum absolute atomic E-state index is 12.3. The van der Waals surface area contributed by atoms with Crippen LogP contribution in [0.4, 0.5) is 0 Å². The molecule has 0 saturated heterocycles. The van der Waals surface area contributed by atoms with Gasteiger partial charge in [0.05, 0.1) is 0 Å². The summed E-state index contributed by atoms with van der Waals surface area (Å²) in [7, 11) is 0. The van der Waals surface area contributed by atoms with E-state index in [4.69, 9.17) is 0 Å². The number of hydrogen-bond acceptors (Lipinski definition) is 4. The summed E-state index contributed by atoms with van der Waals surface area (Å²) in [6.45, 7) is 2.31. The number of benzene rings is 1. The van der Waals surface area contributed by atoms with E-state index in [1.54, 1.807) is 6.92 Å². The van der Waals surface area contributed by atoms with Gasteiger partial charge in [0.15, 0.2) is 5.78 Å². The number of carbonyl (C=O) groups is 3. The quantitative estimate of drug-likeness (QED) is 0.612. The van der Waals surface area contributed by atoms with Crippen LogP contribution in [0.1, 0.15) is 55.3 Å². The van der Waals surface area contributed by atoms with Gasteiger partial charge in [-0.25, -0.2) is 0 Å². The molecule has 3 rings (SSSR count). The molecule has 2 amide bonds. The average molecular weight is 355 g/mol. The second-order valence-corrected chi connectivity index (χ2v) is 6.31. The molecule has 136 valence electrons. The Morgan fingerprint density at radius 2 is 1.73 bits per heavy atom. The van der Waals surface area contributed by atoms with Crippen LogP contribution < -0.4 is 10.6 Å². The molecule has 0 atom stereocenters. The molecule has 1 aliphatic rings. The number of H-pyrrole nitrogens is 1. The summed E-state index contributed by atoms with van der Waals surface area (Å²) in [6.07, 6.45) is 2.10. The highest BCUT2D eigenvalue weighted by Gasteiger charge is 2.26. The fourth-order valence-electron chi connectivity index (χ4n) is 3.16. The number of ketones is 1. The summed E-state index contributed by atoms with van der Waals surface area (Å²) in [5.74, 6) is -0.392. The summed E-state index contributed by atoms with van der Waals surface area (Å²) >= 11 is 0. The van der Waals surface area contributed by atoms with Crippen LogP contribution in [0.2, 0.25) is 0 Å². The van der Waals surface area contributed by atoms with Crippen LogP contribution in [0.3, 0.4) is 0 Å². The fraction of sp³-hybridized carbons (Fsp3) is 0.316. The molecule has 1 aromatic heterocycles. The van der Waals surface area contributed by atoms with E-state index < -0.39 is 0 Å². The predicted molar refractivity (Wildman–Crippen MR) is 95.6 cm³/mol. The van der Waals surface area contributed by atoms with Gasteiger partial charge in [-0.3, -0.25) is 14.4 Å². The highest BCUT2D eigenvalue weighted by atomic mass is 16.3. The lowest BCUT2D eigenvalue weighted by atomic mass is 9.94. The minimum atomic E-state index is -0.288. The Balaban J connectivity index is 1.53. The number of carbonyl (C=O) groups excluding carboxylic acids is 3. The summed E-state index contributed by atoms with van der Waals surface area (Å²) in [6, 6.07) is 5.92. The molecule has 0 saturated carbocycles. The molecular formula is C19H21N3O4. The van der Waals surface area contributed by atoms with Crippen molar-refractivity contribution >= 4 is 17.6 Å². The van der Waals surface area contributed by atoms with Crippen LogP contribution in [0.15, 0.2) is 24.3 Å². The topological polar surface area (TPSA) is 111 Å². The normalized spacial score (nSPS) is 13.2. The number of aromatic nitrogens is 1. The largest absolute Gasteiger partial charge is 0.508 e. The second-order valence-electron chi connectivity index (χ2n) is 6.31. The standard InChI is InChI=1S/C19H21N3O4/c1-11-16-14(3-2-4-15(16)24)22-17(11)19(26)21-10-9-20-18(25)12-5-7-13(23)8-6-12/h5-8,22-23H,2-4,9-10H2,1H3,(H,20,25)(H,21,26). The van der Waals surface area contributed by atoms with Crippen molar-refractivity contribution in [3.8, 4) is 5.75 Å². The fourth-order valence-corrected chi connectivity index (χ4v) is 3.16. The molecule has 7 nitrogen and oxygen atoms in total. The third kappa shape index (κ3) is 3.61. The van der Waals surface area contributed by atoms with E-state index in [1.165, 1.54) is 24.3 Å². The molecule has 0 spiro atoms. The molecule has 0 bridgehead atoms. The van der Waals surface area contributed by atoms with E-state index in [9.17, 15) is 19.5 Å². The van der Waals surface area contributed by atoms with Gasteiger partial charge in [-0.15, -0.1) is 0 Å². The van der Waals surface area contributed by atoms with Gasteiger partial charge in [-0.2, -0.15) is 0 Å². The van der Waals surface area contributed by atoms with Gasteiger partial charge in [0.1, 0.15) is 11.4 Å². The molecule has 0 unspecified atom stereocenters. The Bertz CT molecular complexity index is 852. The number of aromatic amines is 1. The SMILES string of the molecule is Cc1c(C(=O)NCCNC(=O)c2ccc(O)cc2)[nH]c2c1C(=O)CCC2. The van der Waals surface area contributed by atoms with E-state index >= 15 is 0 Å². The first-order valence-electron chi connectivity index (χ1n) is 8.57. The Hall–Kier alpha value is -3.09. The first-order chi connectivity index (χ1) is 12.5. The summed E-state index contributed by atoms with van der Waals surface area (Å²) < 4.78 is 0. The minimum Gasteiger partial charge on any atom is -0.508 e. The first-order valence-corrected chi connectivity index (χ1v) is 8.57. The summed E-state index contributed by atoms with van der Waals surface area (Å²) in [4.78, 5) is 39.4. The van der Waals surface area contributed by atoms with Crippen molar-refractivity contribution < 1.29 is 19.5 Å². The maximum atomic E-state index is 12.3. The van der Waals surface area contributed by atoms with Crippen molar-refractivity contribution in [3.63, 3.8) is 0 Å². The first kappa shape index (κ1) is 17.7. The van der Waals surface area contributed by atoms with Crippen LogP contribution in [0.5, 0.6) is 5.75 Å². The van der Waals surface area contributed by atoms with Gasteiger partial charge in [-0.05, 0) is 49.6 Å². The van der Waals surface area contributed by atoms with Crippen molar-refractivity contribution in [1.82, 2.24) is 15.6 Å². The van der Waals surface area contributed by atoms with E-state index in [1.807, 2.05) is 0 Å². The lowest BCUT2D eigenvalue weighted by Gasteiger charge is -2.09. The zero-order valence-corrected chi connectivity index (χ0v) is 14.5. The lowest BCUT2D eigenvalue weighted by molar-refractivity contribution is 0.0925. The van der Waals surface area contributed by atoms with Gasteiger partial charge in [0, 0.05) is 36.3 Å². The van der Waals surface area contributed by atoms with Crippen LogP contribution in [-0.2, 0) is 6.42 Å². The van der Waals surface area contributed by atoms with Crippen LogP contribution in [-0.4, -0.2) is 40.8 Å². The highest BCUT2D eigenvalue weighted by Crippen LogP contribution is 2.26. The molecule has 4 N–H and O–H groups in total. The summed E-state index contributed by atoms with van der Waals surface area (Å²) in [5, 5.41) is 14.7. The van der Waals surface area contributed by atoms with Crippen molar-refractivity contribution in [2.75, 3.05) is 13.1 Å². The van der Waals surface area contributed by atoms with Crippen molar-refractivity contribution in [2.24, 2.45) is 0 Å². The minimum absolute atomic E-state index is 0.0835. The summed E-state index contributed by atoms with van der Waals surface area (Å²) in [5.41, 5.74) is 3.03. The number of aryl methyl sites for hydroxylation is 1. The number of hydrogen-bond donors (Lipinski definition) is 4. The highest BCUT2D eigenvalue weighted by molar-refractivity contribution is 6.04. The number of phenols is 1. The zero-order valence-electron chi connectivity index (χ0n) is 14.5. The van der Waals surface area contributed by atoms with Gasteiger partial charge >= 0.3 is 0 Å². The Labute approximate surface area is 150 Å². The molecule has 0 radical (unpaired) electrons. The molecule has 2 aromatic rings. The molecule has 1 aliphatic carbocycles. The van der Waals surface area contributed by atoms with Gasteiger partial charge in [0.2, 0.25) is 0 Å². The van der Waals surface area contributed by atoms with E-state index in [0.29, 0.717) is 28.8 Å². The van der Waals surface area contributed by atoms with Gasteiger partial charge < -0.3 is 20.7 Å². The molecule has 26 heavy (non-hydrogen) atoms. The van der Waals surface area contributed by atoms with Gasteiger partial charge in [0.25, 0.3) is 11.8 Å².